The minimum atomic E-state index is -0.448. The molecule has 0 fully saturated rings. The number of benzene rings is 3. The molecule has 4 rings (SSSR count). The van der Waals surface area contributed by atoms with Gasteiger partial charge in [-0.15, -0.1) is 0 Å². The van der Waals surface area contributed by atoms with Gasteiger partial charge in [0.05, 0.1) is 10.4 Å². The van der Waals surface area contributed by atoms with Crippen molar-refractivity contribution in [2.45, 2.75) is 0 Å². The number of halogens is 1. The van der Waals surface area contributed by atoms with Crippen molar-refractivity contribution in [1.82, 2.24) is 4.57 Å². The van der Waals surface area contributed by atoms with Crippen LogP contribution in [0.3, 0.4) is 0 Å². The van der Waals surface area contributed by atoms with Gasteiger partial charge in [0, 0.05) is 35.5 Å². The van der Waals surface area contributed by atoms with Gasteiger partial charge in [-0.3, -0.25) is 14.9 Å². The van der Waals surface area contributed by atoms with Gasteiger partial charge < -0.3 is 4.57 Å². The van der Waals surface area contributed by atoms with Gasteiger partial charge in [0.25, 0.3) is 5.69 Å². The van der Waals surface area contributed by atoms with E-state index in [1.807, 2.05) is 10.6 Å². The molecule has 0 radical (unpaired) electrons. The third-order valence-corrected chi connectivity index (χ3v) is 4.41. The van der Waals surface area contributed by atoms with Gasteiger partial charge in [0.15, 0.2) is 5.43 Å². The first kappa shape index (κ1) is 16.7. The van der Waals surface area contributed by atoms with Crippen LogP contribution in [0.5, 0.6) is 0 Å². The van der Waals surface area contributed by atoms with Gasteiger partial charge in [0.2, 0.25) is 0 Å². The summed E-state index contributed by atoms with van der Waals surface area (Å²) < 4.78 is 15.1. The zero-order valence-electron chi connectivity index (χ0n) is 14.0. The lowest BCUT2D eigenvalue weighted by molar-refractivity contribution is -0.384. The molecular weight excluding hydrogens is 347 g/mol. The highest BCUT2D eigenvalue weighted by molar-refractivity contribution is 5.85. The minimum absolute atomic E-state index is 0.0164. The van der Waals surface area contributed by atoms with E-state index in [9.17, 15) is 19.3 Å². The molecule has 0 saturated heterocycles. The molecule has 0 N–H and O–H groups in total. The second-order valence-electron chi connectivity index (χ2n) is 6.06. The molecular formula is C21H13FN2O3. The first-order chi connectivity index (χ1) is 13.0. The zero-order chi connectivity index (χ0) is 19.0. The minimum Gasteiger partial charge on any atom is -0.316 e. The smallest absolute Gasteiger partial charge is 0.269 e. The zero-order valence-corrected chi connectivity index (χ0v) is 14.0. The van der Waals surface area contributed by atoms with Crippen LogP contribution in [0.1, 0.15) is 0 Å². The third kappa shape index (κ3) is 3.08. The maximum absolute atomic E-state index is 13.2. The Morgan fingerprint density at radius 2 is 1.52 bits per heavy atom. The molecule has 3 aromatic carbocycles. The Morgan fingerprint density at radius 1 is 0.852 bits per heavy atom. The highest BCUT2D eigenvalue weighted by Crippen LogP contribution is 2.26. The summed E-state index contributed by atoms with van der Waals surface area (Å²) in [6.45, 7) is 0. The van der Waals surface area contributed by atoms with Crippen LogP contribution in [0, 0.1) is 15.9 Å². The molecule has 0 bridgehead atoms. The first-order valence-corrected chi connectivity index (χ1v) is 8.19. The number of pyridine rings is 1. The molecule has 0 aliphatic rings. The van der Waals surface area contributed by atoms with Crippen molar-refractivity contribution in [1.29, 1.82) is 0 Å². The predicted molar refractivity (Wildman–Crippen MR) is 102 cm³/mol. The number of non-ortho nitro benzene ring substituents is 1. The van der Waals surface area contributed by atoms with Crippen LogP contribution in [0.25, 0.3) is 27.7 Å². The monoisotopic (exact) mass is 360 g/mol. The molecule has 0 aliphatic carbocycles. The second-order valence-corrected chi connectivity index (χ2v) is 6.06. The quantitative estimate of drug-likeness (QED) is 0.393. The molecule has 1 aromatic heterocycles. The highest BCUT2D eigenvalue weighted by Gasteiger charge is 2.09. The van der Waals surface area contributed by atoms with Crippen LogP contribution in [-0.2, 0) is 0 Å². The summed E-state index contributed by atoms with van der Waals surface area (Å²) in [4.78, 5) is 22.6. The van der Waals surface area contributed by atoms with E-state index < -0.39 is 4.92 Å². The Balaban J connectivity index is 1.90. The summed E-state index contributed by atoms with van der Waals surface area (Å²) in [5, 5.41) is 11.4. The summed E-state index contributed by atoms with van der Waals surface area (Å²) in [6.07, 6.45) is 1.65. The van der Waals surface area contributed by atoms with Crippen molar-refractivity contribution in [2.24, 2.45) is 0 Å². The van der Waals surface area contributed by atoms with Gasteiger partial charge >= 0.3 is 0 Å². The number of hydrogen-bond acceptors (Lipinski definition) is 3. The van der Waals surface area contributed by atoms with E-state index in [0.717, 1.165) is 16.8 Å². The third-order valence-electron chi connectivity index (χ3n) is 4.41. The fourth-order valence-electron chi connectivity index (χ4n) is 3.03. The van der Waals surface area contributed by atoms with Gasteiger partial charge in [-0.25, -0.2) is 4.39 Å². The number of fused-ring (bicyclic) bond motifs is 1. The Kier molecular flexibility index (Phi) is 4.01. The van der Waals surface area contributed by atoms with Crippen molar-refractivity contribution in [3.63, 3.8) is 0 Å². The number of nitro benzene ring substituents is 1. The first-order valence-electron chi connectivity index (χ1n) is 8.19. The van der Waals surface area contributed by atoms with Crippen molar-refractivity contribution in [3.8, 4) is 16.8 Å². The van der Waals surface area contributed by atoms with Crippen LogP contribution < -0.4 is 5.43 Å². The van der Waals surface area contributed by atoms with Crippen LogP contribution >= 0.6 is 0 Å². The molecule has 132 valence electrons. The molecule has 0 atom stereocenters. The molecule has 0 spiro atoms. The largest absolute Gasteiger partial charge is 0.316 e. The van der Waals surface area contributed by atoms with Crippen LogP contribution in [0.15, 0.2) is 83.8 Å². The lowest BCUT2D eigenvalue weighted by Gasteiger charge is -2.12. The van der Waals surface area contributed by atoms with Crippen molar-refractivity contribution in [2.75, 3.05) is 0 Å². The number of nitro groups is 1. The van der Waals surface area contributed by atoms with Crippen molar-refractivity contribution >= 4 is 16.6 Å². The summed E-state index contributed by atoms with van der Waals surface area (Å²) in [6, 6.07) is 19.1. The standard InChI is InChI=1S/C21H13FN2O3/c22-16-4-8-17(9-5-16)23-12-11-21(25)19-10-3-15(13-20(19)23)14-1-6-18(7-2-14)24(26)27/h1-13H. The molecule has 1 heterocycles. The fraction of sp³-hybridized carbons (Fsp3) is 0. The fourth-order valence-corrected chi connectivity index (χ4v) is 3.03. The van der Waals surface area contributed by atoms with Crippen LogP contribution in [0.2, 0.25) is 0 Å². The number of hydrogen-bond donors (Lipinski definition) is 0. The van der Waals surface area contributed by atoms with E-state index in [1.54, 1.807) is 42.6 Å². The normalized spacial score (nSPS) is 10.9. The molecule has 0 amide bonds. The Hall–Kier alpha value is -3.80. The van der Waals surface area contributed by atoms with E-state index in [2.05, 4.69) is 0 Å². The average molecular weight is 360 g/mol. The van der Waals surface area contributed by atoms with Gasteiger partial charge in [-0.05, 0) is 59.7 Å². The summed E-state index contributed by atoms with van der Waals surface area (Å²) in [5.41, 5.74) is 2.91. The molecule has 0 saturated carbocycles. The average Bonchev–Trinajstić information content (AvgIpc) is 2.69. The molecule has 0 unspecified atom stereocenters. The van der Waals surface area contributed by atoms with Crippen molar-refractivity contribution in [3.05, 3.63) is 105 Å². The van der Waals surface area contributed by atoms with Gasteiger partial charge in [-0.2, -0.15) is 0 Å². The summed E-state index contributed by atoms with van der Waals surface area (Å²) in [7, 11) is 0. The molecule has 27 heavy (non-hydrogen) atoms. The van der Waals surface area contributed by atoms with Gasteiger partial charge in [-0.1, -0.05) is 6.07 Å². The predicted octanol–water partition coefficient (Wildman–Crippen LogP) is 4.71. The second kappa shape index (κ2) is 6.49. The van der Waals surface area contributed by atoms with Crippen LogP contribution in [-0.4, -0.2) is 9.49 Å². The molecule has 5 nitrogen and oxygen atoms in total. The van der Waals surface area contributed by atoms with E-state index in [0.29, 0.717) is 10.9 Å². The molecule has 4 aromatic rings. The Bertz CT molecular complexity index is 1210. The van der Waals surface area contributed by atoms with E-state index >= 15 is 0 Å². The van der Waals surface area contributed by atoms with E-state index in [1.165, 1.54) is 30.3 Å². The highest BCUT2D eigenvalue weighted by atomic mass is 19.1. The Labute approximate surface area is 153 Å². The number of aromatic nitrogens is 1. The van der Waals surface area contributed by atoms with Crippen LogP contribution in [0.4, 0.5) is 10.1 Å². The topological polar surface area (TPSA) is 65.1 Å². The lowest BCUT2D eigenvalue weighted by Crippen LogP contribution is -2.06. The number of nitrogens with zero attached hydrogens (tertiary/aromatic N) is 2. The van der Waals surface area contributed by atoms with E-state index in [-0.39, 0.29) is 16.9 Å². The summed E-state index contributed by atoms with van der Waals surface area (Å²) in [5.74, 6) is -0.337. The lowest BCUT2D eigenvalue weighted by atomic mass is 10.0. The Morgan fingerprint density at radius 3 is 2.19 bits per heavy atom. The summed E-state index contributed by atoms with van der Waals surface area (Å²) >= 11 is 0. The maximum atomic E-state index is 13.2. The number of rotatable bonds is 3. The van der Waals surface area contributed by atoms with E-state index in [4.69, 9.17) is 0 Å². The SMILES string of the molecule is O=c1ccn(-c2ccc(F)cc2)c2cc(-c3ccc([N+](=O)[O-])cc3)ccc12. The molecule has 6 heteroatoms. The molecule has 0 aliphatic heterocycles. The maximum Gasteiger partial charge on any atom is 0.269 e. The van der Waals surface area contributed by atoms with Crippen molar-refractivity contribution < 1.29 is 9.31 Å². The van der Waals surface area contributed by atoms with Gasteiger partial charge in [0.1, 0.15) is 5.82 Å².